The molecule has 0 saturated heterocycles. The maximum atomic E-state index is 5.03. The van der Waals surface area contributed by atoms with Crippen LogP contribution in [0.2, 0.25) is 0 Å². The van der Waals surface area contributed by atoms with Crippen molar-refractivity contribution >= 4 is 0 Å². The summed E-state index contributed by atoms with van der Waals surface area (Å²) in [7, 11) is 0. The molecular formula is C23H36N4. The second kappa shape index (κ2) is 7.10. The van der Waals surface area contributed by atoms with E-state index in [1.54, 1.807) is 0 Å². The summed E-state index contributed by atoms with van der Waals surface area (Å²) >= 11 is 0. The molecule has 4 nitrogen and oxygen atoms in total. The fourth-order valence-corrected chi connectivity index (χ4v) is 5.42. The SMILES string of the molecule is CC(C)[C@@H]1CC[C@@H](C)c2nn(Cn3ncc4c3[C@@H](C(C)C)CC[C@H]4C)cc21. The Kier molecular flexibility index (Phi) is 4.94. The largest absolute Gasteiger partial charge is 0.251 e. The Morgan fingerprint density at radius 2 is 1.59 bits per heavy atom. The minimum atomic E-state index is 0.575. The predicted molar refractivity (Wildman–Crippen MR) is 110 cm³/mol. The van der Waals surface area contributed by atoms with E-state index in [0.717, 1.165) is 6.67 Å². The fraction of sp³-hybridized carbons (Fsp3) is 0.739. The van der Waals surface area contributed by atoms with E-state index in [9.17, 15) is 0 Å². The number of rotatable bonds is 4. The van der Waals surface area contributed by atoms with Crippen LogP contribution in [0, 0.1) is 11.8 Å². The summed E-state index contributed by atoms with van der Waals surface area (Å²) < 4.78 is 4.40. The smallest absolute Gasteiger partial charge is 0.133 e. The van der Waals surface area contributed by atoms with Crippen LogP contribution in [0.4, 0.5) is 0 Å². The second-order valence-electron chi connectivity index (χ2n) is 9.79. The highest BCUT2D eigenvalue weighted by molar-refractivity contribution is 5.30. The molecule has 0 aliphatic heterocycles. The molecule has 2 heterocycles. The van der Waals surface area contributed by atoms with Gasteiger partial charge in [0.15, 0.2) is 0 Å². The van der Waals surface area contributed by atoms with Gasteiger partial charge in [-0.05, 0) is 60.5 Å². The van der Waals surface area contributed by atoms with Crippen molar-refractivity contribution in [3.8, 4) is 0 Å². The molecule has 0 amide bonds. The van der Waals surface area contributed by atoms with Gasteiger partial charge in [-0.1, -0.05) is 41.5 Å². The molecule has 2 aromatic rings. The molecule has 0 bridgehead atoms. The summed E-state index contributed by atoms with van der Waals surface area (Å²) in [4.78, 5) is 0. The van der Waals surface area contributed by atoms with Gasteiger partial charge in [0.25, 0.3) is 0 Å². The molecule has 2 aliphatic rings. The standard InChI is InChI=1S/C23H36N4/c1-14(2)18-9-8-17(6)22-21(18)12-26(25-22)13-27-23-19(15(3)4)10-7-16(5)20(23)11-24-27/h11-12,14-19H,7-10,13H2,1-6H3/t16-,17-,18+,19-/m1/s1. The second-order valence-corrected chi connectivity index (χ2v) is 9.79. The van der Waals surface area contributed by atoms with Crippen molar-refractivity contribution < 1.29 is 0 Å². The number of nitrogens with zero attached hydrogens (tertiary/aromatic N) is 4. The van der Waals surface area contributed by atoms with Gasteiger partial charge in [-0.25, -0.2) is 4.68 Å². The van der Waals surface area contributed by atoms with Crippen LogP contribution in [-0.2, 0) is 6.67 Å². The molecule has 0 saturated carbocycles. The number of aromatic nitrogens is 4. The van der Waals surface area contributed by atoms with E-state index >= 15 is 0 Å². The van der Waals surface area contributed by atoms with Crippen LogP contribution in [0.3, 0.4) is 0 Å². The summed E-state index contributed by atoms with van der Waals surface area (Å²) in [5.74, 6) is 3.80. The van der Waals surface area contributed by atoms with Crippen LogP contribution in [0.15, 0.2) is 12.4 Å². The zero-order valence-electron chi connectivity index (χ0n) is 17.9. The van der Waals surface area contributed by atoms with Crippen LogP contribution >= 0.6 is 0 Å². The number of fused-ring (bicyclic) bond motifs is 2. The lowest BCUT2D eigenvalue weighted by atomic mass is 9.76. The Labute approximate surface area is 164 Å². The number of hydrogen-bond acceptors (Lipinski definition) is 2. The first-order chi connectivity index (χ1) is 12.9. The van der Waals surface area contributed by atoms with Crippen molar-refractivity contribution in [2.45, 2.75) is 97.6 Å². The molecule has 2 aromatic heterocycles. The molecule has 0 radical (unpaired) electrons. The van der Waals surface area contributed by atoms with Gasteiger partial charge in [0.1, 0.15) is 6.67 Å². The highest BCUT2D eigenvalue weighted by Crippen LogP contribution is 2.43. The van der Waals surface area contributed by atoms with Gasteiger partial charge in [-0.3, -0.25) is 4.68 Å². The fourth-order valence-electron chi connectivity index (χ4n) is 5.42. The Hall–Kier alpha value is -1.58. The van der Waals surface area contributed by atoms with Crippen molar-refractivity contribution in [3.05, 3.63) is 34.9 Å². The van der Waals surface area contributed by atoms with Gasteiger partial charge < -0.3 is 0 Å². The van der Waals surface area contributed by atoms with E-state index in [0.29, 0.717) is 35.5 Å². The van der Waals surface area contributed by atoms with Crippen LogP contribution < -0.4 is 0 Å². The Morgan fingerprint density at radius 1 is 0.926 bits per heavy atom. The first kappa shape index (κ1) is 18.8. The highest BCUT2D eigenvalue weighted by atomic mass is 15.4. The molecule has 0 N–H and O–H groups in total. The van der Waals surface area contributed by atoms with Crippen LogP contribution in [-0.4, -0.2) is 19.6 Å². The normalized spacial score (nSPS) is 27.9. The lowest BCUT2D eigenvalue weighted by molar-refractivity contribution is 0.369. The van der Waals surface area contributed by atoms with E-state index in [1.165, 1.54) is 48.2 Å². The van der Waals surface area contributed by atoms with E-state index in [1.807, 2.05) is 0 Å². The Balaban J connectivity index is 1.68. The van der Waals surface area contributed by atoms with Crippen molar-refractivity contribution in [2.75, 3.05) is 0 Å². The molecule has 4 atom stereocenters. The molecule has 0 spiro atoms. The minimum absolute atomic E-state index is 0.575. The first-order valence-electron chi connectivity index (χ1n) is 11.0. The van der Waals surface area contributed by atoms with Crippen molar-refractivity contribution in [2.24, 2.45) is 11.8 Å². The zero-order valence-corrected chi connectivity index (χ0v) is 17.9. The third kappa shape index (κ3) is 3.25. The topological polar surface area (TPSA) is 35.6 Å². The Morgan fingerprint density at radius 3 is 2.30 bits per heavy atom. The van der Waals surface area contributed by atoms with Gasteiger partial charge in [0.2, 0.25) is 0 Å². The van der Waals surface area contributed by atoms with Gasteiger partial charge in [-0.15, -0.1) is 0 Å². The molecule has 27 heavy (non-hydrogen) atoms. The van der Waals surface area contributed by atoms with E-state index in [-0.39, 0.29) is 0 Å². The lowest BCUT2D eigenvalue weighted by Gasteiger charge is -2.30. The zero-order chi connectivity index (χ0) is 19.3. The van der Waals surface area contributed by atoms with Gasteiger partial charge in [0.05, 0.1) is 11.9 Å². The van der Waals surface area contributed by atoms with E-state index in [2.05, 4.69) is 63.3 Å². The molecule has 0 aromatic carbocycles. The maximum Gasteiger partial charge on any atom is 0.133 e. The predicted octanol–water partition coefficient (Wildman–Crippen LogP) is 5.86. The molecular weight excluding hydrogens is 332 g/mol. The van der Waals surface area contributed by atoms with Crippen molar-refractivity contribution in [1.29, 1.82) is 0 Å². The minimum Gasteiger partial charge on any atom is -0.251 e. The quantitative estimate of drug-likeness (QED) is 0.677. The van der Waals surface area contributed by atoms with Crippen LogP contribution in [0.1, 0.15) is 113 Å². The molecule has 148 valence electrons. The molecule has 4 rings (SSSR count). The average molecular weight is 369 g/mol. The van der Waals surface area contributed by atoms with Gasteiger partial charge in [-0.2, -0.15) is 10.2 Å². The van der Waals surface area contributed by atoms with Gasteiger partial charge >= 0.3 is 0 Å². The summed E-state index contributed by atoms with van der Waals surface area (Å²) in [6.07, 6.45) is 9.56. The maximum absolute atomic E-state index is 5.03. The van der Waals surface area contributed by atoms with Crippen molar-refractivity contribution in [1.82, 2.24) is 19.6 Å². The van der Waals surface area contributed by atoms with Crippen LogP contribution in [0.5, 0.6) is 0 Å². The third-order valence-corrected chi connectivity index (χ3v) is 7.19. The summed E-state index contributed by atoms with van der Waals surface area (Å²) in [5, 5.41) is 9.84. The Bertz CT molecular complexity index is 797. The summed E-state index contributed by atoms with van der Waals surface area (Å²) in [6.45, 7) is 14.8. The average Bonchev–Trinajstić information content (AvgIpc) is 3.21. The monoisotopic (exact) mass is 368 g/mol. The molecule has 0 fully saturated rings. The summed E-state index contributed by atoms with van der Waals surface area (Å²) in [5.41, 5.74) is 5.74. The summed E-state index contributed by atoms with van der Waals surface area (Å²) in [6, 6.07) is 0. The highest BCUT2D eigenvalue weighted by Gasteiger charge is 2.32. The van der Waals surface area contributed by atoms with Crippen LogP contribution in [0.25, 0.3) is 0 Å². The number of hydrogen-bond donors (Lipinski definition) is 0. The molecule has 4 heteroatoms. The van der Waals surface area contributed by atoms with E-state index in [4.69, 9.17) is 10.2 Å². The third-order valence-electron chi connectivity index (χ3n) is 7.19. The molecule has 0 unspecified atom stereocenters. The first-order valence-corrected chi connectivity index (χ1v) is 11.0. The van der Waals surface area contributed by atoms with Gasteiger partial charge in [0, 0.05) is 23.7 Å². The van der Waals surface area contributed by atoms with E-state index < -0.39 is 0 Å². The molecule has 2 aliphatic carbocycles. The van der Waals surface area contributed by atoms with Crippen molar-refractivity contribution in [3.63, 3.8) is 0 Å². The lowest BCUT2D eigenvalue weighted by Crippen LogP contribution is -2.22.